The standard InChI is InChI=1S/C29H24Cl2F2N4O4/c1-29(2,3)28(39)34-24-9-4-6-19(37(24)40)16-41-35-26(20-12-11-18(32)14-23(20)33)17-10-13-25(38)36(15-17)27-21(30)7-5-8-22(27)31/h4-15,40H,16H2,1-3H3. The lowest BCUT2D eigenvalue weighted by Crippen LogP contribution is -2.27. The number of rotatable bonds is 6. The minimum Gasteiger partial charge on any atom is -0.427 e. The fourth-order valence-electron chi connectivity index (χ4n) is 3.62. The molecule has 0 aliphatic heterocycles. The van der Waals surface area contributed by atoms with Gasteiger partial charge in [0.2, 0.25) is 0 Å². The number of nitrogens with zero attached hydrogens (tertiary/aromatic N) is 4. The summed E-state index contributed by atoms with van der Waals surface area (Å²) in [6.45, 7) is 4.76. The SMILES string of the molecule is CC(C)(C)C(=O)N=c1cccc(CON=C(c2ccc(=O)n(-c3c(Cl)cccc3Cl)c2)c2ccc(F)cc2F)n1O. The number of pyridine rings is 2. The first-order chi connectivity index (χ1) is 19.4. The monoisotopic (exact) mass is 600 g/mol. The van der Waals surface area contributed by atoms with Gasteiger partial charge in [0.05, 0.1) is 21.4 Å². The van der Waals surface area contributed by atoms with E-state index in [2.05, 4.69) is 10.1 Å². The molecule has 4 rings (SSSR count). The van der Waals surface area contributed by atoms with Crippen molar-refractivity contribution in [3.63, 3.8) is 0 Å². The molecule has 1 N–H and O–H groups in total. The van der Waals surface area contributed by atoms with Gasteiger partial charge in [-0.3, -0.25) is 14.2 Å². The maximum atomic E-state index is 14.9. The fourth-order valence-corrected chi connectivity index (χ4v) is 4.20. The normalized spacial score (nSPS) is 12.5. The average Bonchev–Trinajstić information content (AvgIpc) is 2.89. The van der Waals surface area contributed by atoms with Crippen LogP contribution in [0.5, 0.6) is 0 Å². The Labute approximate surface area is 243 Å². The lowest BCUT2D eigenvalue weighted by Gasteiger charge is -2.14. The van der Waals surface area contributed by atoms with Gasteiger partial charge in [0.1, 0.15) is 17.3 Å². The highest BCUT2D eigenvalue weighted by Gasteiger charge is 2.21. The first-order valence-corrected chi connectivity index (χ1v) is 12.9. The predicted molar refractivity (Wildman–Crippen MR) is 150 cm³/mol. The maximum absolute atomic E-state index is 14.9. The summed E-state index contributed by atoms with van der Waals surface area (Å²) in [4.78, 5) is 34.5. The van der Waals surface area contributed by atoms with Gasteiger partial charge in [-0.25, -0.2) is 8.78 Å². The number of benzene rings is 2. The molecule has 2 heterocycles. The Morgan fingerprint density at radius 1 is 1.00 bits per heavy atom. The zero-order valence-corrected chi connectivity index (χ0v) is 23.6. The summed E-state index contributed by atoms with van der Waals surface area (Å²) >= 11 is 12.6. The van der Waals surface area contributed by atoms with Gasteiger partial charge >= 0.3 is 0 Å². The van der Waals surface area contributed by atoms with Gasteiger partial charge in [-0.1, -0.05) is 61.3 Å². The number of hydrogen-bond donors (Lipinski definition) is 1. The Kier molecular flexibility index (Phi) is 8.74. The molecule has 41 heavy (non-hydrogen) atoms. The van der Waals surface area contributed by atoms with Crippen molar-refractivity contribution in [1.82, 2.24) is 9.30 Å². The van der Waals surface area contributed by atoms with Gasteiger partial charge in [-0.2, -0.15) is 9.72 Å². The van der Waals surface area contributed by atoms with Crippen LogP contribution in [0, 0.1) is 17.0 Å². The number of aromatic nitrogens is 2. The van der Waals surface area contributed by atoms with Gasteiger partial charge in [-0.05, 0) is 42.5 Å². The molecule has 0 saturated carbocycles. The zero-order chi connectivity index (χ0) is 29.9. The Morgan fingerprint density at radius 3 is 2.34 bits per heavy atom. The minimum atomic E-state index is -0.931. The zero-order valence-electron chi connectivity index (χ0n) is 22.1. The summed E-state index contributed by atoms with van der Waals surface area (Å²) < 4.78 is 30.5. The van der Waals surface area contributed by atoms with Crippen LogP contribution in [0.25, 0.3) is 5.69 Å². The van der Waals surface area contributed by atoms with Crippen LogP contribution in [0.2, 0.25) is 10.0 Å². The molecule has 0 bridgehead atoms. The second kappa shape index (κ2) is 12.1. The van der Waals surface area contributed by atoms with Gasteiger partial charge < -0.3 is 10.0 Å². The number of para-hydroxylation sites is 1. The molecule has 0 aliphatic rings. The molecule has 0 atom stereocenters. The van der Waals surface area contributed by atoms with E-state index in [1.54, 1.807) is 45.0 Å². The molecule has 0 spiro atoms. The molecular formula is C29H24Cl2F2N4O4. The van der Waals surface area contributed by atoms with Crippen LogP contribution in [-0.2, 0) is 16.2 Å². The molecule has 0 aliphatic carbocycles. The van der Waals surface area contributed by atoms with Crippen LogP contribution in [0.3, 0.4) is 0 Å². The molecule has 8 nitrogen and oxygen atoms in total. The molecule has 0 saturated heterocycles. The summed E-state index contributed by atoms with van der Waals surface area (Å²) in [7, 11) is 0. The second-order valence-electron chi connectivity index (χ2n) is 9.89. The van der Waals surface area contributed by atoms with Crippen LogP contribution in [0.15, 0.2) is 87.9 Å². The highest BCUT2D eigenvalue weighted by atomic mass is 35.5. The summed E-state index contributed by atoms with van der Waals surface area (Å²) in [5.41, 5.74) is -0.896. The van der Waals surface area contributed by atoms with Gasteiger partial charge in [0.15, 0.2) is 12.1 Å². The third kappa shape index (κ3) is 6.72. The minimum absolute atomic E-state index is 0.0245. The molecule has 4 aromatic rings. The van der Waals surface area contributed by atoms with Crippen molar-refractivity contribution in [3.05, 3.63) is 127 Å². The number of carbonyl (C=O) groups excluding carboxylic acids is 1. The lowest BCUT2D eigenvalue weighted by molar-refractivity contribution is -0.125. The largest absolute Gasteiger partial charge is 0.427 e. The number of halogens is 4. The van der Waals surface area contributed by atoms with E-state index < -0.39 is 28.5 Å². The highest BCUT2D eigenvalue weighted by molar-refractivity contribution is 6.37. The molecule has 0 unspecified atom stereocenters. The van der Waals surface area contributed by atoms with E-state index in [9.17, 15) is 23.6 Å². The van der Waals surface area contributed by atoms with Crippen molar-refractivity contribution in [2.24, 2.45) is 15.6 Å². The number of amides is 1. The summed E-state index contributed by atoms with van der Waals surface area (Å²) in [5.74, 6) is -2.18. The smallest absolute Gasteiger partial charge is 0.255 e. The van der Waals surface area contributed by atoms with Crippen molar-refractivity contribution in [2.45, 2.75) is 27.4 Å². The van der Waals surface area contributed by atoms with Crippen LogP contribution < -0.4 is 11.0 Å². The summed E-state index contributed by atoms with van der Waals surface area (Å²) in [5, 5.41) is 15.1. The molecule has 12 heteroatoms. The van der Waals surface area contributed by atoms with Gasteiger partial charge in [0.25, 0.3) is 11.5 Å². The number of carbonyl (C=O) groups is 1. The van der Waals surface area contributed by atoms with Crippen LogP contribution in [-0.4, -0.2) is 26.1 Å². The van der Waals surface area contributed by atoms with Crippen LogP contribution in [0.1, 0.15) is 37.6 Å². The Bertz CT molecular complexity index is 1770. The molecule has 212 valence electrons. The highest BCUT2D eigenvalue weighted by Crippen LogP contribution is 2.28. The van der Waals surface area contributed by atoms with Crippen LogP contribution >= 0.6 is 23.2 Å². The van der Waals surface area contributed by atoms with E-state index in [0.29, 0.717) is 10.8 Å². The lowest BCUT2D eigenvalue weighted by atomic mass is 9.96. The van der Waals surface area contributed by atoms with Gasteiger partial charge in [0, 0.05) is 34.9 Å². The van der Waals surface area contributed by atoms with E-state index in [0.717, 1.165) is 6.07 Å². The predicted octanol–water partition coefficient (Wildman–Crippen LogP) is 5.90. The molecule has 2 aromatic carbocycles. The first kappa shape index (κ1) is 29.7. The summed E-state index contributed by atoms with van der Waals surface area (Å²) in [6.07, 6.45) is 1.35. The Hall–Kier alpha value is -4.28. The van der Waals surface area contributed by atoms with Gasteiger partial charge in [-0.15, -0.1) is 0 Å². The first-order valence-electron chi connectivity index (χ1n) is 12.2. The number of oxime groups is 1. The third-order valence-electron chi connectivity index (χ3n) is 5.80. The average molecular weight is 601 g/mol. The Balaban J connectivity index is 1.78. The molecule has 1 amide bonds. The second-order valence-corrected chi connectivity index (χ2v) is 10.7. The van der Waals surface area contributed by atoms with Crippen LogP contribution in [0.4, 0.5) is 8.78 Å². The van der Waals surface area contributed by atoms with E-state index >= 15 is 0 Å². The van der Waals surface area contributed by atoms with Crippen molar-refractivity contribution in [1.29, 1.82) is 0 Å². The van der Waals surface area contributed by atoms with E-state index in [1.165, 1.54) is 41.1 Å². The third-order valence-corrected chi connectivity index (χ3v) is 6.41. The number of hydrogen-bond acceptors (Lipinski definition) is 5. The molecule has 0 radical (unpaired) electrons. The van der Waals surface area contributed by atoms with Crippen molar-refractivity contribution >= 4 is 34.8 Å². The van der Waals surface area contributed by atoms with Crippen molar-refractivity contribution in [3.8, 4) is 5.69 Å². The summed E-state index contributed by atoms with van der Waals surface area (Å²) in [6, 6.07) is 14.8. The van der Waals surface area contributed by atoms with Crippen molar-refractivity contribution < 1.29 is 23.6 Å². The van der Waals surface area contributed by atoms with Crippen molar-refractivity contribution in [2.75, 3.05) is 0 Å². The fraction of sp³-hybridized carbons (Fsp3) is 0.172. The molecular weight excluding hydrogens is 577 g/mol. The van der Waals surface area contributed by atoms with E-state index in [4.69, 9.17) is 28.0 Å². The molecule has 0 fully saturated rings. The Morgan fingerprint density at radius 2 is 1.68 bits per heavy atom. The van der Waals surface area contributed by atoms with E-state index in [-0.39, 0.29) is 50.4 Å². The van der Waals surface area contributed by atoms with E-state index in [1.807, 2.05) is 0 Å². The topological polar surface area (TPSA) is 98.2 Å². The molecule has 2 aromatic heterocycles. The quantitative estimate of drug-likeness (QED) is 0.169. The maximum Gasteiger partial charge on any atom is 0.255 e.